The summed E-state index contributed by atoms with van der Waals surface area (Å²) in [6.45, 7) is 0.990. The van der Waals surface area contributed by atoms with Crippen LogP contribution in [0.1, 0.15) is 12.5 Å². The molecule has 0 aliphatic rings. The summed E-state index contributed by atoms with van der Waals surface area (Å²) in [7, 11) is 0. The van der Waals surface area contributed by atoms with E-state index in [0.717, 1.165) is 12.1 Å². The predicted molar refractivity (Wildman–Crippen MR) is 79.4 cm³/mol. The van der Waals surface area contributed by atoms with Crippen molar-refractivity contribution in [3.8, 4) is 0 Å². The van der Waals surface area contributed by atoms with Crippen molar-refractivity contribution in [3.05, 3.63) is 65.5 Å². The van der Waals surface area contributed by atoms with Gasteiger partial charge in [-0.2, -0.15) is 0 Å². The molecule has 0 heterocycles. The normalized spacial score (nSPS) is 13.3. The zero-order valence-corrected chi connectivity index (χ0v) is 12.2. The minimum Gasteiger partial charge on any atom is -0.383 e. The van der Waals surface area contributed by atoms with E-state index in [1.54, 1.807) is 0 Å². The van der Waals surface area contributed by atoms with Gasteiger partial charge in [-0.25, -0.2) is 18.0 Å². The average Bonchev–Trinajstić information content (AvgIpc) is 2.47. The van der Waals surface area contributed by atoms with E-state index in [0.29, 0.717) is 11.8 Å². The molecule has 0 aliphatic heterocycles. The second kappa shape index (κ2) is 6.70. The molecule has 4 nitrogen and oxygen atoms in total. The molecule has 122 valence electrons. The van der Waals surface area contributed by atoms with E-state index in [1.165, 1.54) is 31.2 Å². The number of amides is 2. The van der Waals surface area contributed by atoms with E-state index in [2.05, 4.69) is 10.6 Å². The number of rotatable bonds is 4. The summed E-state index contributed by atoms with van der Waals surface area (Å²) >= 11 is 0. The van der Waals surface area contributed by atoms with E-state index in [-0.39, 0.29) is 12.1 Å². The summed E-state index contributed by atoms with van der Waals surface area (Å²) in [6, 6.07) is 7.23. The molecule has 2 aromatic carbocycles. The van der Waals surface area contributed by atoms with Gasteiger partial charge in [0.1, 0.15) is 23.1 Å². The molecular weight excluding hydrogens is 309 g/mol. The first-order valence-corrected chi connectivity index (χ1v) is 6.76. The summed E-state index contributed by atoms with van der Waals surface area (Å²) in [5.41, 5.74) is -1.50. The van der Waals surface area contributed by atoms with Crippen LogP contribution >= 0.6 is 0 Å². The van der Waals surface area contributed by atoms with Crippen molar-refractivity contribution in [3.63, 3.8) is 0 Å². The maximum atomic E-state index is 13.7. The Labute approximate surface area is 131 Å². The number of benzene rings is 2. The van der Waals surface area contributed by atoms with Gasteiger partial charge in [-0.1, -0.05) is 6.07 Å². The van der Waals surface area contributed by atoms with Gasteiger partial charge in [0.25, 0.3) is 0 Å². The monoisotopic (exact) mass is 324 g/mol. The fraction of sp³-hybridized carbons (Fsp3) is 0.188. The van der Waals surface area contributed by atoms with Gasteiger partial charge >= 0.3 is 6.03 Å². The van der Waals surface area contributed by atoms with Crippen LogP contribution in [0.4, 0.5) is 23.7 Å². The molecule has 0 radical (unpaired) electrons. The highest BCUT2D eigenvalue weighted by molar-refractivity contribution is 5.89. The molecule has 1 atom stereocenters. The number of anilines is 1. The molecule has 3 N–H and O–H groups in total. The Balaban J connectivity index is 1.98. The van der Waals surface area contributed by atoms with E-state index < -0.39 is 29.1 Å². The number of nitrogens with one attached hydrogen (secondary N) is 2. The van der Waals surface area contributed by atoms with Crippen LogP contribution in [0.5, 0.6) is 0 Å². The zero-order valence-electron chi connectivity index (χ0n) is 12.2. The minimum atomic E-state index is -1.72. The number of urea groups is 1. The third-order valence-electron chi connectivity index (χ3n) is 3.21. The van der Waals surface area contributed by atoms with Crippen molar-refractivity contribution in [2.75, 3.05) is 11.9 Å². The van der Waals surface area contributed by atoms with Crippen LogP contribution in [-0.2, 0) is 5.60 Å². The zero-order chi connectivity index (χ0) is 17.0. The summed E-state index contributed by atoms with van der Waals surface area (Å²) in [6.07, 6.45) is 0. The molecule has 23 heavy (non-hydrogen) atoms. The van der Waals surface area contributed by atoms with Gasteiger partial charge in [0, 0.05) is 17.3 Å². The fourth-order valence-electron chi connectivity index (χ4n) is 1.98. The van der Waals surface area contributed by atoms with Gasteiger partial charge in [0.15, 0.2) is 0 Å². The van der Waals surface area contributed by atoms with Crippen LogP contribution in [0, 0.1) is 17.5 Å². The Morgan fingerprint density at radius 2 is 1.70 bits per heavy atom. The number of hydrogen-bond donors (Lipinski definition) is 3. The van der Waals surface area contributed by atoms with Crippen LogP contribution in [0.3, 0.4) is 0 Å². The van der Waals surface area contributed by atoms with Crippen molar-refractivity contribution in [2.45, 2.75) is 12.5 Å². The maximum absolute atomic E-state index is 13.7. The van der Waals surface area contributed by atoms with Crippen LogP contribution in [-0.4, -0.2) is 17.7 Å². The molecule has 7 heteroatoms. The van der Waals surface area contributed by atoms with Gasteiger partial charge in [-0.15, -0.1) is 0 Å². The Kier molecular flexibility index (Phi) is 4.90. The lowest BCUT2D eigenvalue weighted by Gasteiger charge is -2.24. The van der Waals surface area contributed by atoms with Crippen LogP contribution < -0.4 is 10.6 Å². The number of aliphatic hydroxyl groups is 1. The highest BCUT2D eigenvalue weighted by Gasteiger charge is 2.27. The minimum absolute atomic E-state index is 0.138. The van der Waals surface area contributed by atoms with Crippen LogP contribution in [0.2, 0.25) is 0 Å². The van der Waals surface area contributed by atoms with Crippen molar-refractivity contribution >= 4 is 11.7 Å². The first kappa shape index (κ1) is 16.8. The van der Waals surface area contributed by atoms with Crippen molar-refractivity contribution in [1.82, 2.24) is 5.32 Å². The molecule has 0 aliphatic carbocycles. The van der Waals surface area contributed by atoms with Crippen LogP contribution in [0.25, 0.3) is 0 Å². The second-order valence-corrected chi connectivity index (χ2v) is 5.21. The molecule has 2 aromatic rings. The topological polar surface area (TPSA) is 61.4 Å². The summed E-state index contributed by atoms with van der Waals surface area (Å²) < 4.78 is 39.3. The van der Waals surface area contributed by atoms with E-state index in [4.69, 9.17) is 0 Å². The third kappa shape index (κ3) is 4.46. The lowest BCUT2D eigenvalue weighted by molar-refractivity contribution is 0.0561. The van der Waals surface area contributed by atoms with E-state index >= 15 is 0 Å². The van der Waals surface area contributed by atoms with Crippen LogP contribution in [0.15, 0.2) is 42.5 Å². The average molecular weight is 324 g/mol. The second-order valence-electron chi connectivity index (χ2n) is 5.21. The summed E-state index contributed by atoms with van der Waals surface area (Å²) in [5.74, 6) is -2.11. The number of carbonyl (C=O) groups is 1. The Hall–Kier alpha value is -2.54. The van der Waals surface area contributed by atoms with Crippen molar-refractivity contribution < 1.29 is 23.1 Å². The first-order chi connectivity index (χ1) is 10.8. The molecule has 1 unspecified atom stereocenters. The molecule has 2 amide bonds. The predicted octanol–water partition coefficient (Wildman–Crippen LogP) is 3.13. The molecule has 0 bridgehead atoms. The smallest absolute Gasteiger partial charge is 0.319 e. The SMILES string of the molecule is CC(O)(CNC(=O)Nc1ccc(F)cc1)c1ccc(F)cc1F. The Bertz CT molecular complexity index is 703. The fourth-order valence-corrected chi connectivity index (χ4v) is 1.98. The van der Waals surface area contributed by atoms with E-state index in [9.17, 15) is 23.1 Å². The standard InChI is InChI=1S/C16H15F3N2O2/c1-16(23,13-7-4-11(18)8-14(13)19)9-20-15(22)21-12-5-2-10(17)3-6-12/h2-8,23H,9H2,1H3,(H2,20,21,22). The molecule has 2 rings (SSSR count). The van der Waals surface area contributed by atoms with Gasteiger partial charge in [-0.05, 0) is 37.3 Å². The Morgan fingerprint density at radius 1 is 1.09 bits per heavy atom. The van der Waals surface area contributed by atoms with Gasteiger partial charge in [0.2, 0.25) is 0 Å². The molecule has 0 aromatic heterocycles. The molecule has 0 fully saturated rings. The molecule has 0 saturated heterocycles. The highest BCUT2D eigenvalue weighted by Crippen LogP contribution is 2.23. The summed E-state index contributed by atoms with van der Waals surface area (Å²) in [5, 5.41) is 15.1. The van der Waals surface area contributed by atoms with Crippen molar-refractivity contribution in [1.29, 1.82) is 0 Å². The molecule has 0 spiro atoms. The third-order valence-corrected chi connectivity index (χ3v) is 3.21. The van der Waals surface area contributed by atoms with Gasteiger partial charge in [0.05, 0.1) is 6.54 Å². The highest BCUT2D eigenvalue weighted by atomic mass is 19.1. The lowest BCUT2D eigenvalue weighted by Crippen LogP contribution is -2.41. The lowest BCUT2D eigenvalue weighted by atomic mass is 9.95. The number of hydrogen-bond acceptors (Lipinski definition) is 2. The number of halogens is 3. The molecule has 0 saturated carbocycles. The van der Waals surface area contributed by atoms with Gasteiger partial charge in [-0.3, -0.25) is 0 Å². The summed E-state index contributed by atoms with van der Waals surface area (Å²) in [4.78, 5) is 11.7. The quantitative estimate of drug-likeness (QED) is 0.809. The van der Waals surface area contributed by atoms with Crippen molar-refractivity contribution in [2.24, 2.45) is 0 Å². The maximum Gasteiger partial charge on any atom is 0.319 e. The Morgan fingerprint density at radius 3 is 2.30 bits per heavy atom. The largest absolute Gasteiger partial charge is 0.383 e. The number of carbonyl (C=O) groups excluding carboxylic acids is 1. The first-order valence-electron chi connectivity index (χ1n) is 6.76. The molecular formula is C16H15F3N2O2. The van der Waals surface area contributed by atoms with Gasteiger partial charge < -0.3 is 15.7 Å². The van der Waals surface area contributed by atoms with E-state index in [1.807, 2.05) is 0 Å².